The predicted octanol–water partition coefficient (Wildman–Crippen LogP) is 1.02. The van der Waals surface area contributed by atoms with Crippen LogP contribution in [0.25, 0.3) is 0 Å². The van der Waals surface area contributed by atoms with E-state index < -0.39 is 12.4 Å². The number of nitrogens with zero attached hydrogens (tertiary/aromatic N) is 2. The highest BCUT2D eigenvalue weighted by molar-refractivity contribution is 5.27. The Morgan fingerprint density at radius 1 is 1.36 bits per heavy atom. The molecular weight excluding hydrogens is 322 g/mol. The predicted molar refractivity (Wildman–Crippen MR) is 90.2 cm³/mol. The molecule has 7 heteroatoms. The summed E-state index contributed by atoms with van der Waals surface area (Å²) >= 11 is 0. The highest BCUT2D eigenvalue weighted by Crippen LogP contribution is 2.35. The SMILES string of the molecule is COc1ccc(CN[C@H]2[C@H](O)[C@@H](n3cc(C)cn3)[C@@H]3OC[C@H]2O3)cc1. The molecule has 5 atom stereocenters. The van der Waals surface area contributed by atoms with E-state index in [4.69, 9.17) is 14.2 Å². The smallest absolute Gasteiger partial charge is 0.183 e. The normalized spacial score (nSPS) is 31.2. The lowest BCUT2D eigenvalue weighted by atomic mass is 9.96. The van der Waals surface area contributed by atoms with Gasteiger partial charge in [-0.3, -0.25) is 4.68 Å². The van der Waals surface area contributed by atoms with Gasteiger partial charge in [-0.1, -0.05) is 12.1 Å². The molecule has 3 heterocycles. The van der Waals surface area contributed by atoms with E-state index in [0.717, 1.165) is 16.9 Å². The summed E-state index contributed by atoms with van der Waals surface area (Å²) in [6.07, 6.45) is 2.40. The number of hydrogen-bond donors (Lipinski definition) is 2. The molecule has 134 valence electrons. The molecule has 2 saturated heterocycles. The van der Waals surface area contributed by atoms with Crippen LogP contribution in [-0.4, -0.2) is 53.1 Å². The van der Waals surface area contributed by atoms with E-state index in [0.29, 0.717) is 13.2 Å². The maximum atomic E-state index is 10.9. The molecule has 2 bridgehead atoms. The topological polar surface area (TPSA) is 77.8 Å². The third-order valence-electron chi connectivity index (χ3n) is 4.87. The molecule has 2 aromatic rings. The van der Waals surface area contributed by atoms with Crippen LogP contribution in [0.3, 0.4) is 0 Å². The van der Waals surface area contributed by atoms with Crippen molar-refractivity contribution in [1.82, 2.24) is 15.1 Å². The molecule has 0 aliphatic carbocycles. The minimum atomic E-state index is -0.649. The summed E-state index contributed by atoms with van der Waals surface area (Å²) in [5, 5.41) is 18.7. The number of aryl methyl sites for hydroxylation is 1. The lowest BCUT2D eigenvalue weighted by molar-refractivity contribution is -0.168. The number of ether oxygens (including phenoxy) is 3. The van der Waals surface area contributed by atoms with Gasteiger partial charge in [0.05, 0.1) is 32.1 Å². The lowest BCUT2D eigenvalue weighted by Crippen LogP contribution is -2.57. The molecule has 0 radical (unpaired) electrons. The molecule has 2 aliphatic rings. The first-order valence-corrected chi connectivity index (χ1v) is 8.48. The largest absolute Gasteiger partial charge is 0.497 e. The van der Waals surface area contributed by atoms with Crippen molar-refractivity contribution >= 4 is 0 Å². The fourth-order valence-corrected chi connectivity index (χ4v) is 3.51. The molecular formula is C18H23N3O4. The zero-order chi connectivity index (χ0) is 17.4. The number of nitrogens with one attached hydrogen (secondary N) is 1. The number of rotatable bonds is 5. The van der Waals surface area contributed by atoms with Gasteiger partial charge in [0.2, 0.25) is 0 Å². The van der Waals surface area contributed by atoms with Crippen LogP contribution in [0.1, 0.15) is 17.2 Å². The monoisotopic (exact) mass is 345 g/mol. The number of hydrogen-bond acceptors (Lipinski definition) is 6. The van der Waals surface area contributed by atoms with E-state index in [-0.39, 0.29) is 18.2 Å². The van der Waals surface area contributed by atoms with Crippen LogP contribution in [0.15, 0.2) is 36.7 Å². The fraction of sp³-hybridized carbons (Fsp3) is 0.500. The van der Waals surface area contributed by atoms with E-state index in [2.05, 4.69) is 10.4 Å². The Hall–Kier alpha value is -1.93. The van der Waals surface area contributed by atoms with Crippen LogP contribution in [0.5, 0.6) is 5.75 Å². The molecule has 1 aromatic heterocycles. The van der Waals surface area contributed by atoms with Gasteiger partial charge in [0.15, 0.2) is 6.29 Å². The van der Waals surface area contributed by atoms with E-state index in [1.807, 2.05) is 37.4 Å². The number of aliphatic hydroxyl groups excluding tert-OH is 1. The Labute approximate surface area is 146 Å². The Balaban J connectivity index is 1.48. The third kappa shape index (κ3) is 3.16. The molecule has 25 heavy (non-hydrogen) atoms. The standard InChI is InChI=1S/C18H23N3O4/c1-11-7-20-21(9-11)16-17(22)15(14-10-24-18(16)25-14)19-8-12-3-5-13(23-2)6-4-12/h3-7,9,14-19,22H,8,10H2,1-2H3/t14-,15-,16-,17+,18-/m1/s1. The second kappa shape index (κ2) is 6.76. The van der Waals surface area contributed by atoms with Gasteiger partial charge in [-0.2, -0.15) is 5.10 Å². The summed E-state index contributed by atoms with van der Waals surface area (Å²) in [5.74, 6) is 0.825. The number of aliphatic hydroxyl groups is 1. The van der Waals surface area contributed by atoms with Crippen LogP contribution < -0.4 is 10.1 Å². The summed E-state index contributed by atoms with van der Waals surface area (Å²) < 4.78 is 18.6. The highest BCUT2D eigenvalue weighted by atomic mass is 16.7. The molecule has 0 spiro atoms. The molecule has 2 N–H and O–H groups in total. The average Bonchev–Trinajstić information content (AvgIpc) is 3.23. The van der Waals surface area contributed by atoms with E-state index in [9.17, 15) is 5.11 Å². The summed E-state index contributed by atoms with van der Waals surface area (Å²) in [7, 11) is 1.65. The molecule has 7 nitrogen and oxygen atoms in total. The first kappa shape index (κ1) is 16.5. The Morgan fingerprint density at radius 2 is 2.16 bits per heavy atom. The van der Waals surface area contributed by atoms with Gasteiger partial charge in [-0.15, -0.1) is 0 Å². The molecule has 0 amide bonds. The van der Waals surface area contributed by atoms with Crippen molar-refractivity contribution in [1.29, 1.82) is 0 Å². The Kier molecular flexibility index (Phi) is 4.47. The van der Waals surface area contributed by atoms with Gasteiger partial charge in [0.1, 0.15) is 17.9 Å². The van der Waals surface area contributed by atoms with Gasteiger partial charge >= 0.3 is 0 Å². The quantitative estimate of drug-likeness (QED) is 0.842. The third-order valence-corrected chi connectivity index (χ3v) is 4.87. The zero-order valence-electron chi connectivity index (χ0n) is 14.3. The minimum Gasteiger partial charge on any atom is -0.497 e. The second-order valence-electron chi connectivity index (χ2n) is 6.61. The molecule has 0 saturated carbocycles. The molecule has 2 aliphatic heterocycles. The summed E-state index contributed by atoms with van der Waals surface area (Å²) in [6.45, 7) is 3.07. The summed E-state index contributed by atoms with van der Waals surface area (Å²) in [4.78, 5) is 0. The van der Waals surface area contributed by atoms with E-state index >= 15 is 0 Å². The number of methoxy groups -OCH3 is 1. The lowest BCUT2D eigenvalue weighted by Gasteiger charge is -2.38. The van der Waals surface area contributed by atoms with Crippen LogP contribution in [0.2, 0.25) is 0 Å². The van der Waals surface area contributed by atoms with Crippen LogP contribution in [-0.2, 0) is 16.0 Å². The maximum Gasteiger partial charge on any atom is 0.183 e. The first-order chi connectivity index (χ1) is 12.2. The van der Waals surface area contributed by atoms with Crippen molar-refractivity contribution in [3.8, 4) is 5.75 Å². The van der Waals surface area contributed by atoms with Crippen molar-refractivity contribution < 1.29 is 19.3 Å². The number of benzene rings is 1. The first-order valence-electron chi connectivity index (χ1n) is 8.48. The van der Waals surface area contributed by atoms with Gasteiger partial charge in [-0.05, 0) is 30.2 Å². The van der Waals surface area contributed by atoms with Gasteiger partial charge in [-0.25, -0.2) is 0 Å². The number of fused-ring (bicyclic) bond motifs is 2. The second-order valence-corrected chi connectivity index (χ2v) is 6.61. The molecule has 1 aromatic carbocycles. The van der Waals surface area contributed by atoms with E-state index in [1.165, 1.54) is 0 Å². The Morgan fingerprint density at radius 3 is 2.84 bits per heavy atom. The average molecular weight is 345 g/mol. The van der Waals surface area contributed by atoms with Crippen LogP contribution >= 0.6 is 0 Å². The van der Waals surface area contributed by atoms with Gasteiger partial charge in [0, 0.05) is 12.7 Å². The van der Waals surface area contributed by atoms with Crippen molar-refractivity contribution in [3.63, 3.8) is 0 Å². The van der Waals surface area contributed by atoms with Crippen LogP contribution in [0.4, 0.5) is 0 Å². The summed E-state index contributed by atoms with van der Waals surface area (Å²) in [6, 6.07) is 7.27. The van der Waals surface area contributed by atoms with Crippen molar-refractivity contribution in [2.24, 2.45) is 0 Å². The maximum absolute atomic E-state index is 10.9. The Bertz CT molecular complexity index is 717. The van der Waals surface area contributed by atoms with Crippen LogP contribution in [0, 0.1) is 6.92 Å². The molecule has 0 unspecified atom stereocenters. The van der Waals surface area contributed by atoms with Crippen molar-refractivity contribution in [3.05, 3.63) is 47.8 Å². The molecule has 2 fully saturated rings. The fourth-order valence-electron chi connectivity index (χ4n) is 3.51. The minimum absolute atomic E-state index is 0.161. The highest BCUT2D eigenvalue weighted by Gasteiger charge is 2.51. The van der Waals surface area contributed by atoms with Crippen molar-refractivity contribution in [2.75, 3.05) is 13.7 Å². The summed E-state index contributed by atoms with van der Waals surface area (Å²) in [5.41, 5.74) is 2.15. The number of aromatic nitrogens is 2. The molecule has 4 rings (SSSR count). The van der Waals surface area contributed by atoms with Gasteiger partial charge in [0.25, 0.3) is 0 Å². The van der Waals surface area contributed by atoms with E-state index in [1.54, 1.807) is 18.0 Å². The van der Waals surface area contributed by atoms with Gasteiger partial charge < -0.3 is 24.6 Å². The van der Waals surface area contributed by atoms with Crippen molar-refractivity contribution in [2.45, 2.75) is 44.1 Å². The zero-order valence-corrected chi connectivity index (χ0v) is 14.3.